The molecule has 354 valence electrons. The van der Waals surface area contributed by atoms with Crippen LogP contribution in [-0.2, 0) is 53.2 Å². The van der Waals surface area contributed by atoms with Crippen molar-refractivity contribution in [3.05, 3.63) is 166 Å². The van der Waals surface area contributed by atoms with E-state index in [-0.39, 0.29) is 87.7 Å². The molecule has 16 heteroatoms. The van der Waals surface area contributed by atoms with Gasteiger partial charge in [0.2, 0.25) is 0 Å². The first kappa shape index (κ1) is 51.7. The van der Waals surface area contributed by atoms with Crippen molar-refractivity contribution in [2.45, 2.75) is 58.4 Å². The van der Waals surface area contributed by atoms with Crippen molar-refractivity contribution in [3.8, 4) is 23.0 Å². The first-order chi connectivity index (χ1) is 32.6. The molecule has 15 nitrogen and oxygen atoms in total. The summed E-state index contributed by atoms with van der Waals surface area (Å²) in [4.78, 5) is 62.4. The Balaban J connectivity index is 0.000000220. The normalized spacial score (nSPS) is 15.2. The van der Waals surface area contributed by atoms with Crippen LogP contribution >= 0.6 is 0 Å². The number of carbonyl (C=O) groups is 4. The van der Waals surface area contributed by atoms with E-state index < -0.39 is 5.97 Å². The molecule has 4 aliphatic rings. The van der Waals surface area contributed by atoms with Gasteiger partial charge in [0.05, 0.1) is 68.8 Å². The molecule has 0 saturated carbocycles. The van der Waals surface area contributed by atoms with E-state index in [1.54, 1.807) is 59.4 Å². The van der Waals surface area contributed by atoms with Crippen molar-refractivity contribution in [1.82, 2.24) is 0 Å². The van der Waals surface area contributed by atoms with E-state index in [1.165, 1.54) is 14.2 Å². The van der Waals surface area contributed by atoms with Gasteiger partial charge in [-0.05, 0) is 57.6 Å². The minimum atomic E-state index is -0.883. The van der Waals surface area contributed by atoms with Gasteiger partial charge in [0.1, 0.15) is 13.2 Å². The number of hydrogen-bond donors (Lipinski definition) is 1. The number of para-hydroxylation sites is 2. The number of carboxylic acids is 1. The van der Waals surface area contributed by atoms with Gasteiger partial charge in [-0.2, -0.15) is 0 Å². The summed E-state index contributed by atoms with van der Waals surface area (Å²) in [5, 5.41) is 9.01. The largest absolute Gasteiger partial charge is 1.00 e. The molecule has 0 unspecified atom stereocenters. The van der Waals surface area contributed by atoms with E-state index in [0.717, 1.165) is 52.0 Å². The minimum absolute atomic E-state index is 0. The van der Waals surface area contributed by atoms with E-state index >= 15 is 0 Å². The summed E-state index contributed by atoms with van der Waals surface area (Å²) in [6, 6.07) is 37.2. The van der Waals surface area contributed by atoms with Gasteiger partial charge >= 0.3 is 30.8 Å². The van der Waals surface area contributed by atoms with Crippen molar-refractivity contribution in [2.75, 3.05) is 31.1 Å². The number of carbonyl (C=O) groups excluding carboxylic acids is 3. The van der Waals surface area contributed by atoms with Gasteiger partial charge in [-0.3, -0.25) is 39.0 Å². The van der Waals surface area contributed by atoms with Crippen molar-refractivity contribution in [1.29, 1.82) is 0 Å². The monoisotopic (exact) mass is 938 g/mol. The molecular weight excluding hydrogens is 888 g/mol. The fourth-order valence-corrected chi connectivity index (χ4v) is 8.77. The predicted octanol–water partition coefficient (Wildman–Crippen LogP) is 5.93. The maximum absolute atomic E-state index is 13.5. The molecule has 2 amide bonds. The van der Waals surface area contributed by atoms with Crippen molar-refractivity contribution in [3.63, 3.8) is 0 Å². The van der Waals surface area contributed by atoms with Gasteiger partial charge in [0.25, 0.3) is 11.8 Å². The average molecular weight is 939 g/mol. The second kappa shape index (κ2) is 22.6. The molecule has 0 radical (unpaired) electrons. The maximum Gasteiger partial charge on any atom is 1.00 e. The summed E-state index contributed by atoms with van der Waals surface area (Å²) in [6.45, 7) is 0.492. The Hall–Kier alpha value is -7.70. The fraction of sp³-hybridized carbons (Fsp3) is 0.222. The van der Waals surface area contributed by atoms with Crippen LogP contribution in [0.5, 0.6) is 23.0 Å². The fourth-order valence-electron chi connectivity index (χ4n) is 8.77. The number of rotatable bonds is 12. The number of anilines is 2. The first-order valence-corrected chi connectivity index (χ1v) is 21.7. The van der Waals surface area contributed by atoms with Crippen LogP contribution in [0.1, 0.15) is 61.5 Å². The number of fused-ring (bicyclic) bond motifs is 8. The van der Waals surface area contributed by atoms with E-state index in [9.17, 15) is 19.2 Å². The number of methoxy groups -OCH3 is 3. The molecule has 2 N–H and O–H groups in total. The van der Waals surface area contributed by atoms with Crippen LogP contribution in [-0.4, -0.2) is 80.2 Å². The molecule has 0 aromatic heterocycles. The van der Waals surface area contributed by atoms with E-state index in [1.807, 2.05) is 91.3 Å². The van der Waals surface area contributed by atoms with E-state index in [4.69, 9.17) is 28.8 Å². The predicted molar refractivity (Wildman–Crippen MR) is 261 cm³/mol. The number of hydrogen-bond acceptors (Lipinski definition) is 12. The van der Waals surface area contributed by atoms with Crippen LogP contribution in [0.3, 0.4) is 0 Å². The molecule has 0 spiro atoms. The van der Waals surface area contributed by atoms with Gasteiger partial charge < -0.3 is 34.3 Å². The Morgan fingerprint density at radius 3 is 1.44 bits per heavy atom. The van der Waals surface area contributed by atoms with Crippen LogP contribution in [0.15, 0.2) is 131 Å². The smallest absolute Gasteiger partial charge is 0.870 e. The number of carboxylic acid groups (broad SMARTS) is 1. The van der Waals surface area contributed by atoms with Gasteiger partial charge in [-0.25, -0.2) is 0 Å². The van der Waals surface area contributed by atoms with Gasteiger partial charge in [0, 0.05) is 48.8 Å². The molecule has 6 aromatic carbocycles. The molecule has 6 aromatic rings. The second-order valence-electron chi connectivity index (χ2n) is 16.3. The molecule has 0 fully saturated rings. The molecule has 70 heavy (non-hydrogen) atoms. The number of aliphatic imine (C=N–C) groups is 2. The molecule has 0 bridgehead atoms. The van der Waals surface area contributed by atoms with E-state index in [2.05, 4.69) is 9.98 Å². The number of aliphatic carboxylic acids is 1. The number of nitrogens with zero attached hydrogens (tertiary/aromatic N) is 4. The SMILES string of the molecule is C.COC(=O)Cc1cccc(COc2cc3c(cc2OC)C(=O)N2c4ccccc4C[C@H]2C=N3)c1.COc1cc2c(cc1OCc1cccc(CC(=O)O)c1)N=C[C@@H]1Cc3ccccc3N1C2=O.[Li+].[OH-]. The summed E-state index contributed by atoms with van der Waals surface area (Å²) in [5.41, 5.74) is 9.38. The maximum atomic E-state index is 13.5. The van der Waals surface area contributed by atoms with E-state index in [0.29, 0.717) is 51.1 Å². The molecule has 0 aliphatic carbocycles. The summed E-state index contributed by atoms with van der Waals surface area (Å²) in [7, 11) is 4.44. The van der Waals surface area contributed by atoms with Crippen LogP contribution < -0.4 is 47.6 Å². The van der Waals surface area contributed by atoms with Crippen LogP contribution in [0.25, 0.3) is 0 Å². The molecular formula is C54H51LiN4O11. The number of benzene rings is 6. The number of esters is 1. The van der Waals surface area contributed by atoms with Crippen LogP contribution in [0.4, 0.5) is 22.7 Å². The Morgan fingerprint density at radius 1 is 0.586 bits per heavy atom. The summed E-state index contributed by atoms with van der Waals surface area (Å²) >= 11 is 0. The Labute approximate surface area is 417 Å². The Bertz CT molecular complexity index is 2990. The summed E-state index contributed by atoms with van der Waals surface area (Å²) in [5.74, 6) is 0.442. The topological polar surface area (TPSA) is 196 Å². The molecule has 10 rings (SSSR count). The third-order valence-corrected chi connectivity index (χ3v) is 12.0. The zero-order valence-corrected chi connectivity index (χ0v) is 38.5. The minimum Gasteiger partial charge on any atom is -0.870 e. The van der Waals surface area contributed by atoms with Crippen molar-refractivity contribution < 1.29 is 72.3 Å². The van der Waals surface area contributed by atoms with Gasteiger partial charge in [-0.15, -0.1) is 0 Å². The average Bonchev–Trinajstić information content (AvgIpc) is 3.83. The zero-order valence-electron chi connectivity index (χ0n) is 38.5. The first-order valence-electron chi connectivity index (χ1n) is 21.7. The number of amides is 2. The second-order valence-corrected chi connectivity index (χ2v) is 16.3. The molecule has 0 saturated heterocycles. The summed E-state index contributed by atoms with van der Waals surface area (Å²) < 4.78 is 27.9. The van der Waals surface area contributed by atoms with Crippen molar-refractivity contribution in [2.24, 2.45) is 9.98 Å². The molecule has 4 heterocycles. The van der Waals surface area contributed by atoms with Crippen LogP contribution in [0, 0.1) is 0 Å². The Morgan fingerprint density at radius 2 is 1.01 bits per heavy atom. The third-order valence-electron chi connectivity index (χ3n) is 12.0. The Kier molecular flexibility index (Phi) is 16.7. The molecule has 4 aliphatic heterocycles. The molecule has 2 atom stereocenters. The van der Waals surface area contributed by atoms with Crippen LogP contribution in [0.2, 0.25) is 0 Å². The zero-order chi connectivity index (χ0) is 46.6. The summed E-state index contributed by atoms with van der Waals surface area (Å²) in [6.07, 6.45) is 5.26. The number of ether oxygens (including phenoxy) is 5. The standard InChI is InChI=1S/C27H24N2O5.C26H22N2O5.CH4.Li.H2O/c1-32-24-13-21-22(28-15-20-12-19-8-3-4-9-23(19)29(20)27(21)31)14-25(24)34-16-18-7-5-6-17(10-18)11-26(30)33-2;1-32-23-12-20-21(13-24(23)33-15-17-6-4-5-16(9-17)10-25(29)30)27-14-19-11-18-7-2-3-8-22(18)28(19)26(20)31;;;/h3-10,13-15,20H,11-12,16H2,1-2H3;2-9,12-14,19H,10-11,15H2,1H3,(H,29,30);1H4;;1H2/q;;;+1;/p-1/t20-;19-;;;/m00.../s1. The van der Waals surface area contributed by atoms with Gasteiger partial charge in [0.15, 0.2) is 23.0 Å². The van der Waals surface area contributed by atoms with Crippen molar-refractivity contribution >= 4 is 58.9 Å². The third kappa shape index (κ3) is 10.8. The van der Waals surface area contributed by atoms with Gasteiger partial charge in [-0.1, -0.05) is 92.4 Å². The quantitative estimate of drug-likeness (QED) is 0.113.